The second kappa shape index (κ2) is 20.6. The average molecular weight is 703 g/mol. The summed E-state index contributed by atoms with van der Waals surface area (Å²) in [6.45, 7) is 0. The molecule has 1 N–H and O–H groups in total. The second-order valence-corrected chi connectivity index (χ2v) is 15.0. The van der Waals surface area contributed by atoms with Gasteiger partial charge in [-0.2, -0.15) is 36.4 Å². The van der Waals surface area contributed by atoms with E-state index in [4.69, 9.17) is 0 Å². The van der Waals surface area contributed by atoms with Crippen LogP contribution >= 0.6 is 15.8 Å². The smallest absolute Gasteiger partial charge is 0.123 e. The molecule has 1 nitrogen and oxygen atoms in total. The Morgan fingerprint density at radius 2 is 0.750 bits per heavy atom. The third kappa shape index (κ3) is 11.3. The summed E-state index contributed by atoms with van der Waals surface area (Å²) >= 11 is 0. The van der Waals surface area contributed by atoms with E-state index in [2.05, 4.69) is 121 Å². The van der Waals surface area contributed by atoms with Gasteiger partial charge in [-0.3, -0.25) is 0 Å². The summed E-state index contributed by atoms with van der Waals surface area (Å²) in [6, 6.07) is 75.4. The molecule has 0 aliphatic heterocycles. The Balaban J connectivity index is 0.000000183. The van der Waals surface area contributed by atoms with Crippen LogP contribution in [0.25, 0.3) is 5.76 Å². The van der Waals surface area contributed by atoms with Crippen LogP contribution < -0.4 is 26.5 Å². The molecule has 0 unspecified atom stereocenters. The van der Waals surface area contributed by atoms with Gasteiger partial charge in [-0.15, -0.1) is 0 Å². The molecule has 7 rings (SSSR count). The Bertz CT molecular complexity index is 1700. The summed E-state index contributed by atoms with van der Waals surface area (Å²) in [5, 5.41) is 17.3. The number of aliphatic hydroxyl groups is 1. The first-order chi connectivity index (χ1) is 23.3. The van der Waals surface area contributed by atoms with Gasteiger partial charge in [0, 0.05) is 22.1 Å². The van der Waals surface area contributed by atoms with Crippen molar-refractivity contribution in [3.63, 3.8) is 0 Å². The first-order valence-corrected chi connectivity index (χ1v) is 18.5. The molecule has 0 amide bonds. The molecule has 0 aliphatic rings. The largest absolute Gasteiger partial charge is 0.507 e. The van der Waals surface area contributed by atoms with Crippen LogP contribution in [0.2, 0.25) is 0 Å². The van der Waals surface area contributed by atoms with Gasteiger partial charge in [0.05, 0.1) is 7.92 Å². The van der Waals surface area contributed by atoms with Gasteiger partial charge in [-0.1, -0.05) is 146 Å². The Morgan fingerprint density at radius 1 is 0.438 bits per heavy atom. The maximum atomic E-state index is 10.5. The van der Waals surface area contributed by atoms with Crippen LogP contribution in [0.1, 0.15) is 5.56 Å². The minimum Gasteiger partial charge on any atom is -0.507 e. The van der Waals surface area contributed by atoms with E-state index in [1.54, 1.807) is 0 Å². The Kier molecular flexibility index (Phi) is 15.6. The van der Waals surface area contributed by atoms with Gasteiger partial charge in [0.15, 0.2) is 0 Å². The summed E-state index contributed by atoms with van der Waals surface area (Å²) in [6.07, 6.45) is 0. The van der Waals surface area contributed by atoms with E-state index in [1.807, 2.05) is 103 Å². The zero-order chi connectivity index (χ0) is 32.4. The topological polar surface area (TPSA) is 20.2 Å². The summed E-state index contributed by atoms with van der Waals surface area (Å²) in [5.41, 5.74) is 0.849. The predicted octanol–water partition coefficient (Wildman–Crippen LogP) is 9.34. The Labute approximate surface area is 298 Å². The van der Waals surface area contributed by atoms with Crippen LogP contribution in [0, 0.1) is 6.07 Å². The van der Waals surface area contributed by atoms with Crippen LogP contribution in [-0.4, -0.2) is 5.11 Å². The van der Waals surface area contributed by atoms with E-state index in [0.29, 0.717) is 5.76 Å². The number of hydrogen-bond donors (Lipinski definition) is 1. The fraction of sp³-hybridized carbons (Fsp3) is 0. The second-order valence-electron chi connectivity index (χ2n) is 10.5. The quantitative estimate of drug-likeness (QED) is 0.0760. The van der Waals surface area contributed by atoms with Crippen molar-refractivity contribution in [2.24, 2.45) is 0 Å². The maximum absolute atomic E-state index is 10.5. The van der Waals surface area contributed by atoms with E-state index >= 15 is 0 Å². The van der Waals surface area contributed by atoms with Crippen molar-refractivity contribution in [3.05, 3.63) is 230 Å². The van der Waals surface area contributed by atoms with E-state index in [0.717, 1.165) is 5.56 Å². The van der Waals surface area contributed by atoms with Gasteiger partial charge >= 0.3 is 0 Å². The van der Waals surface area contributed by atoms with Crippen molar-refractivity contribution in [2.75, 3.05) is 0 Å². The van der Waals surface area contributed by atoms with Gasteiger partial charge in [0.1, 0.15) is 21.7 Å². The van der Waals surface area contributed by atoms with Crippen LogP contribution in [0.5, 0.6) is 0 Å². The number of aliphatic hydroxyl groups excluding tert-OH is 1. The van der Waals surface area contributed by atoms with E-state index in [1.165, 1.54) is 26.5 Å². The molecule has 7 aromatic carbocycles. The molecule has 0 saturated heterocycles. The fourth-order valence-electron chi connectivity index (χ4n) is 4.94. The van der Waals surface area contributed by atoms with E-state index < -0.39 is 15.8 Å². The van der Waals surface area contributed by atoms with Gasteiger partial charge in [0.25, 0.3) is 0 Å². The molecular formula is C44H38NiOP2. The van der Waals surface area contributed by atoms with E-state index in [9.17, 15) is 5.11 Å². The number of hydrogen-bond acceptors (Lipinski definition) is 1. The van der Waals surface area contributed by atoms with E-state index in [-0.39, 0.29) is 16.5 Å². The molecule has 0 heterocycles. The van der Waals surface area contributed by atoms with Crippen LogP contribution in [0.4, 0.5) is 0 Å². The number of rotatable bonds is 7. The molecule has 0 radical (unpaired) electrons. The minimum absolute atomic E-state index is 0. The van der Waals surface area contributed by atoms with Crippen LogP contribution in [-0.2, 0) is 16.5 Å². The standard InChI is InChI=1S/C20H17OP.C18H15P.C6H5.Ni/c21-20(17-10-4-1-5-11-17)16-22(18-12-6-2-7-13-18)19-14-8-3-9-15-19;1-4-10-16(11-5-1)19(17-12-6-2-7-13-17)18-14-8-3-9-15-18;1-2-4-6-5-3-1;/h1-16,21H;1-15H;1-5H;/q;;-1;/p+1/b20-16-;;;. The predicted molar refractivity (Wildman–Crippen MR) is 208 cm³/mol. The van der Waals surface area contributed by atoms with Crippen molar-refractivity contribution in [1.29, 1.82) is 0 Å². The first kappa shape index (κ1) is 36.3. The minimum atomic E-state index is -0.877. The molecule has 4 heteroatoms. The molecule has 0 fully saturated rings. The molecule has 0 atom stereocenters. The Morgan fingerprint density at radius 3 is 1.06 bits per heavy atom. The molecule has 240 valence electrons. The van der Waals surface area contributed by atoms with Gasteiger partial charge in [-0.05, 0) is 60.7 Å². The van der Waals surface area contributed by atoms with Crippen molar-refractivity contribution in [2.45, 2.75) is 0 Å². The van der Waals surface area contributed by atoms with Gasteiger partial charge < -0.3 is 5.11 Å². The Hall–Kier alpha value is -4.57. The van der Waals surface area contributed by atoms with Gasteiger partial charge in [-0.25, -0.2) is 0 Å². The van der Waals surface area contributed by atoms with Crippen molar-refractivity contribution in [3.8, 4) is 0 Å². The third-order valence-electron chi connectivity index (χ3n) is 7.18. The maximum Gasteiger partial charge on any atom is 0.123 e. The average Bonchev–Trinajstić information content (AvgIpc) is 3.17. The van der Waals surface area contributed by atoms with Crippen molar-refractivity contribution in [1.82, 2.24) is 0 Å². The monoisotopic (exact) mass is 702 g/mol. The molecule has 0 aliphatic carbocycles. The number of benzene rings is 7. The third-order valence-corrected chi connectivity index (χ3v) is 12.1. The van der Waals surface area contributed by atoms with Crippen molar-refractivity contribution >= 4 is 48.1 Å². The molecule has 7 aromatic rings. The van der Waals surface area contributed by atoms with Crippen molar-refractivity contribution < 1.29 is 21.6 Å². The first-order valence-electron chi connectivity index (χ1n) is 15.6. The normalized spacial score (nSPS) is 10.5. The fourth-order valence-corrected chi connectivity index (χ4v) is 9.49. The summed E-state index contributed by atoms with van der Waals surface area (Å²) in [7, 11) is -1.60. The molecule has 0 bridgehead atoms. The molecule has 48 heavy (non-hydrogen) atoms. The molecule has 0 spiro atoms. The van der Waals surface area contributed by atoms with Crippen LogP contribution in [0.15, 0.2) is 218 Å². The van der Waals surface area contributed by atoms with Gasteiger partial charge in [0.2, 0.25) is 0 Å². The summed E-state index contributed by atoms with van der Waals surface area (Å²) < 4.78 is 0. The SMILES string of the molecule is O/C(=C\P(c1ccccc1)c1ccccc1)c1ccccc1.[Ni].[c-]1ccccc1.c1ccc([PH+](c2ccccc2)c2ccccc2)cc1. The molecule has 0 saturated carbocycles. The summed E-state index contributed by atoms with van der Waals surface area (Å²) in [5.74, 6) is 2.31. The summed E-state index contributed by atoms with van der Waals surface area (Å²) in [4.78, 5) is 0. The zero-order valence-electron chi connectivity index (χ0n) is 26.5. The molecular weight excluding hydrogens is 665 g/mol. The molecule has 0 aromatic heterocycles. The zero-order valence-corrected chi connectivity index (χ0v) is 29.4. The van der Waals surface area contributed by atoms with Crippen LogP contribution in [0.3, 0.4) is 0 Å².